The van der Waals surface area contributed by atoms with Crippen molar-refractivity contribution < 1.29 is 15.0 Å². The lowest BCUT2D eigenvalue weighted by Crippen LogP contribution is -2.45. The van der Waals surface area contributed by atoms with E-state index in [0.29, 0.717) is 17.8 Å². The van der Waals surface area contributed by atoms with E-state index in [1.54, 1.807) is 11.0 Å². The van der Waals surface area contributed by atoms with Crippen LogP contribution in [0.2, 0.25) is 0 Å². The first-order valence-electron chi connectivity index (χ1n) is 6.87. The summed E-state index contributed by atoms with van der Waals surface area (Å²) in [5.41, 5.74) is 0. The second-order valence-corrected chi connectivity index (χ2v) is 5.85. The van der Waals surface area contributed by atoms with Gasteiger partial charge in [-0.25, -0.2) is 0 Å². The first-order chi connectivity index (χ1) is 9.76. The Kier molecular flexibility index (Phi) is 5.60. The minimum atomic E-state index is -0.0535. The molecule has 1 fully saturated rings. The Bertz CT molecular complexity index is 515. The zero-order valence-electron chi connectivity index (χ0n) is 11.3. The third kappa shape index (κ3) is 3.60. The summed E-state index contributed by atoms with van der Waals surface area (Å²) in [5, 5.41) is 18.0. The number of carbonyl (C=O) groups is 1. The van der Waals surface area contributed by atoms with E-state index in [1.807, 2.05) is 6.07 Å². The predicted octanol–water partition coefficient (Wildman–Crippen LogP) is 1.47. The molecule has 20 heavy (non-hydrogen) atoms. The maximum absolute atomic E-state index is 12.4. The van der Waals surface area contributed by atoms with Crippen LogP contribution in [0.5, 0.6) is 0 Å². The standard InChI is InChI=1S/C15H19NO3S/c17-10-4-2-6-13-7-8-14(20-13)15(19)16-9-3-1-5-12(16)11-18/h7-8,12,17-18H,1,3-5,9-11H2. The summed E-state index contributed by atoms with van der Waals surface area (Å²) in [6, 6.07) is 3.57. The average molecular weight is 293 g/mol. The molecule has 0 spiro atoms. The highest BCUT2D eigenvalue weighted by Gasteiger charge is 2.27. The number of nitrogens with zero attached hydrogens (tertiary/aromatic N) is 1. The highest BCUT2D eigenvalue weighted by Crippen LogP contribution is 2.23. The van der Waals surface area contributed by atoms with E-state index in [-0.39, 0.29) is 25.2 Å². The Morgan fingerprint density at radius 3 is 3.00 bits per heavy atom. The molecule has 1 unspecified atom stereocenters. The smallest absolute Gasteiger partial charge is 0.264 e. The molecule has 1 aromatic heterocycles. The first-order valence-corrected chi connectivity index (χ1v) is 7.69. The van der Waals surface area contributed by atoms with Crippen LogP contribution in [0.1, 0.15) is 40.2 Å². The largest absolute Gasteiger partial charge is 0.395 e. The third-order valence-electron chi connectivity index (χ3n) is 3.36. The normalized spacial score (nSPS) is 18.5. The maximum atomic E-state index is 12.4. The molecule has 2 rings (SSSR count). The molecule has 108 valence electrons. The fourth-order valence-corrected chi connectivity index (χ4v) is 3.16. The second-order valence-electron chi connectivity index (χ2n) is 4.77. The van der Waals surface area contributed by atoms with Crippen LogP contribution in [0.4, 0.5) is 0 Å². The predicted molar refractivity (Wildman–Crippen MR) is 78.7 cm³/mol. The van der Waals surface area contributed by atoms with Crippen LogP contribution in [0.3, 0.4) is 0 Å². The van der Waals surface area contributed by atoms with Gasteiger partial charge >= 0.3 is 0 Å². The molecule has 1 aliphatic heterocycles. The molecular weight excluding hydrogens is 274 g/mol. The summed E-state index contributed by atoms with van der Waals surface area (Å²) < 4.78 is 0. The van der Waals surface area contributed by atoms with Gasteiger partial charge in [0.15, 0.2) is 0 Å². The molecule has 5 heteroatoms. The Morgan fingerprint density at radius 1 is 1.40 bits per heavy atom. The SMILES string of the molecule is O=C(c1ccc(C#CCCO)s1)N1CCCCC1CO. The molecule has 1 amide bonds. The van der Waals surface area contributed by atoms with Gasteiger partial charge in [-0.2, -0.15) is 0 Å². The zero-order chi connectivity index (χ0) is 14.4. The van der Waals surface area contributed by atoms with Crippen LogP contribution >= 0.6 is 11.3 Å². The number of hydrogen-bond acceptors (Lipinski definition) is 4. The van der Waals surface area contributed by atoms with Crippen molar-refractivity contribution in [2.45, 2.75) is 31.7 Å². The zero-order valence-corrected chi connectivity index (χ0v) is 12.2. The van der Waals surface area contributed by atoms with E-state index >= 15 is 0 Å². The van der Waals surface area contributed by atoms with Crippen LogP contribution < -0.4 is 0 Å². The number of carbonyl (C=O) groups excluding carboxylic acids is 1. The van der Waals surface area contributed by atoms with Crippen molar-refractivity contribution in [2.75, 3.05) is 19.8 Å². The summed E-state index contributed by atoms with van der Waals surface area (Å²) in [7, 11) is 0. The minimum Gasteiger partial charge on any atom is -0.395 e. The van der Waals surface area contributed by atoms with Crippen molar-refractivity contribution in [1.29, 1.82) is 0 Å². The molecule has 1 saturated heterocycles. The number of rotatable bonds is 3. The second kappa shape index (κ2) is 7.44. The van der Waals surface area contributed by atoms with Crippen LogP contribution in [0.25, 0.3) is 0 Å². The molecule has 0 aliphatic carbocycles. The lowest BCUT2D eigenvalue weighted by atomic mass is 10.0. The number of piperidine rings is 1. The van der Waals surface area contributed by atoms with Gasteiger partial charge in [0.2, 0.25) is 0 Å². The molecule has 1 atom stereocenters. The van der Waals surface area contributed by atoms with Crippen molar-refractivity contribution >= 4 is 17.2 Å². The van der Waals surface area contributed by atoms with Crippen molar-refractivity contribution in [1.82, 2.24) is 4.90 Å². The van der Waals surface area contributed by atoms with Crippen LogP contribution in [-0.4, -0.2) is 46.8 Å². The number of amides is 1. The van der Waals surface area contributed by atoms with Gasteiger partial charge in [0, 0.05) is 13.0 Å². The van der Waals surface area contributed by atoms with E-state index in [0.717, 1.165) is 24.1 Å². The molecule has 0 aromatic carbocycles. The van der Waals surface area contributed by atoms with Crippen molar-refractivity contribution in [2.24, 2.45) is 0 Å². The summed E-state index contributed by atoms with van der Waals surface area (Å²) >= 11 is 1.37. The minimum absolute atomic E-state index is 0.0102. The molecule has 0 saturated carbocycles. The Balaban J connectivity index is 2.07. The summed E-state index contributed by atoms with van der Waals surface area (Å²) in [6.07, 6.45) is 3.38. The fraction of sp³-hybridized carbons (Fsp3) is 0.533. The van der Waals surface area contributed by atoms with E-state index in [4.69, 9.17) is 5.11 Å². The average Bonchev–Trinajstić information content (AvgIpc) is 2.95. The number of aliphatic hydroxyl groups excluding tert-OH is 2. The first kappa shape index (κ1) is 15.0. The number of thiophene rings is 1. The molecule has 0 bridgehead atoms. The van der Waals surface area contributed by atoms with Gasteiger partial charge in [0.05, 0.1) is 29.0 Å². The number of likely N-dealkylation sites (tertiary alicyclic amines) is 1. The summed E-state index contributed by atoms with van der Waals surface area (Å²) in [4.78, 5) is 15.7. The van der Waals surface area contributed by atoms with E-state index in [9.17, 15) is 9.90 Å². The van der Waals surface area contributed by atoms with Gasteiger partial charge in [-0.05, 0) is 31.4 Å². The lowest BCUT2D eigenvalue weighted by molar-refractivity contribution is 0.0508. The Morgan fingerprint density at radius 2 is 2.25 bits per heavy atom. The van der Waals surface area contributed by atoms with Crippen LogP contribution in [0.15, 0.2) is 12.1 Å². The summed E-state index contributed by atoms with van der Waals surface area (Å²) in [5.74, 6) is 5.78. The molecule has 1 aliphatic rings. The van der Waals surface area contributed by atoms with Crippen molar-refractivity contribution in [3.05, 3.63) is 21.9 Å². The third-order valence-corrected chi connectivity index (χ3v) is 4.35. The number of hydrogen-bond donors (Lipinski definition) is 2. The maximum Gasteiger partial charge on any atom is 0.264 e. The molecule has 0 radical (unpaired) electrons. The molecule has 2 N–H and O–H groups in total. The van der Waals surface area contributed by atoms with Crippen LogP contribution in [-0.2, 0) is 0 Å². The molecule has 1 aromatic rings. The van der Waals surface area contributed by atoms with Gasteiger partial charge in [-0.15, -0.1) is 11.3 Å². The van der Waals surface area contributed by atoms with E-state index in [1.165, 1.54) is 11.3 Å². The topological polar surface area (TPSA) is 60.8 Å². The van der Waals surface area contributed by atoms with Crippen LogP contribution in [0, 0.1) is 11.8 Å². The molecular formula is C15H19NO3S. The Labute approximate surface area is 123 Å². The van der Waals surface area contributed by atoms with E-state index < -0.39 is 0 Å². The highest BCUT2D eigenvalue weighted by atomic mass is 32.1. The molecule has 4 nitrogen and oxygen atoms in total. The van der Waals surface area contributed by atoms with E-state index in [2.05, 4.69) is 11.8 Å². The number of aliphatic hydroxyl groups is 2. The van der Waals surface area contributed by atoms with Gasteiger partial charge in [-0.3, -0.25) is 4.79 Å². The van der Waals surface area contributed by atoms with Gasteiger partial charge in [0.25, 0.3) is 5.91 Å². The Hall–Kier alpha value is -1.35. The van der Waals surface area contributed by atoms with Crippen molar-refractivity contribution in [3.8, 4) is 11.8 Å². The summed E-state index contributed by atoms with van der Waals surface area (Å²) in [6.45, 7) is 0.796. The molecule has 2 heterocycles. The van der Waals surface area contributed by atoms with Gasteiger partial charge in [0.1, 0.15) is 0 Å². The quantitative estimate of drug-likeness (QED) is 0.830. The fourth-order valence-electron chi connectivity index (χ4n) is 2.32. The van der Waals surface area contributed by atoms with Gasteiger partial charge in [-0.1, -0.05) is 11.8 Å². The highest BCUT2D eigenvalue weighted by molar-refractivity contribution is 7.14. The van der Waals surface area contributed by atoms with Gasteiger partial charge < -0.3 is 15.1 Å². The van der Waals surface area contributed by atoms with Crippen molar-refractivity contribution in [3.63, 3.8) is 0 Å². The monoisotopic (exact) mass is 293 g/mol. The lowest BCUT2D eigenvalue weighted by Gasteiger charge is -2.34.